The number of hydrogen-bond donors (Lipinski definition) is 2. The molecule has 0 aromatic carbocycles. The molecule has 1 saturated heterocycles. The smallest absolute Gasteiger partial charge is 0.191 e. The molecule has 1 aliphatic heterocycles. The van der Waals surface area contributed by atoms with Crippen LogP contribution in [0.3, 0.4) is 0 Å². The summed E-state index contributed by atoms with van der Waals surface area (Å²) in [5.74, 6) is 1.02. The number of halogens is 1. The molecule has 0 amide bonds. The van der Waals surface area contributed by atoms with E-state index in [0.717, 1.165) is 19.0 Å². The van der Waals surface area contributed by atoms with Crippen LogP contribution in [0, 0.1) is 0 Å². The van der Waals surface area contributed by atoms with E-state index in [1.807, 2.05) is 0 Å². The third-order valence-electron chi connectivity index (χ3n) is 4.42. The van der Waals surface area contributed by atoms with Crippen LogP contribution in [0.5, 0.6) is 0 Å². The molecule has 2 N–H and O–H groups in total. The second kappa shape index (κ2) is 9.82. The Bertz CT molecular complexity index is 290. The maximum absolute atomic E-state index is 4.79. The highest BCUT2D eigenvalue weighted by Gasteiger charge is 2.20. The maximum Gasteiger partial charge on any atom is 0.191 e. The number of nitrogens with zero attached hydrogens (tertiary/aromatic N) is 2. The molecule has 2 rings (SSSR count). The van der Waals surface area contributed by atoms with Crippen LogP contribution in [0.2, 0.25) is 0 Å². The fourth-order valence-electron chi connectivity index (χ4n) is 3.17. The van der Waals surface area contributed by atoms with Crippen molar-refractivity contribution in [2.75, 3.05) is 26.7 Å². The van der Waals surface area contributed by atoms with Gasteiger partial charge in [0.25, 0.3) is 0 Å². The normalized spacial score (nSPS) is 25.3. The third kappa shape index (κ3) is 5.76. The van der Waals surface area contributed by atoms with E-state index in [4.69, 9.17) is 4.99 Å². The van der Waals surface area contributed by atoms with Crippen LogP contribution in [0.4, 0.5) is 0 Å². The van der Waals surface area contributed by atoms with Gasteiger partial charge in [-0.2, -0.15) is 0 Å². The van der Waals surface area contributed by atoms with Gasteiger partial charge in [0, 0.05) is 18.6 Å². The molecule has 118 valence electrons. The summed E-state index contributed by atoms with van der Waals surface area (Å²) < 4.78 is 0. The first-order valence-corrected chi connectivity index (χ1v) is 8.04. The van der Waals surface area contributed by atoms with E-state index in [-0.39, 0.29) is 24.0 Å². The lowest BCUT2D eigenvalue weighted by molar-refractivity contribution is 0.317. The Balaban J connectivity index is 0.00000200. The van der Waals surface area contributed by atoms with E-state index in [2.05, 4.69) is 29.5 Å². The van der Waals surface area contributed by atoms with Crippen LogP contribution in [-0.4, -0.2) is 49.6 Å². The molecule has 4 nitrogen and oxygen atoms in total. The number of likely N-dealkylation sites (tertiary alicyclic amines) is 1. The summed E-state index contributed by atoms with van der Waals surface area (Å²) in [6.07, 6.45) is 9.34. The highest BCUT2D eigenvalue weighted by molar-refractivity contribution is 14.0. The number of hydrogen-bond acceptors (Lipinski definition) is 2. The largest absolute Gasteiger partial charge is 0.357 e. The Kier molecular flexibility index (Phi) is 8.84. The van der Waals surface area contributed by atoms with E-state index in [1.54, 1.807) is 0 Å². The first-order valence-electron chi connectivity index (χ1n) is 8.04. The first-order chi connectivity index (χ1) is 9.29. The minimum absolute atomic E-state index is 0. The van der Waals surface area contributed by atoms with E-state index in [1.165, 1.54) is 51.5 Å². The third-order valence-corrected chi connectivity index (χ3v) is 4.42. The van der Waals surface area contributed by atoms with Crippen molar-refractivity contribution in [3.63, 3.8) is 0 Å². The van der Waals surface area contributed by atoms with Gasteiger partial charge in [-0.25, -0.2) is 0 Å². The zero-order valence-corrected chi connectivity index (χ0v) is 15.4. The lowest BCUT2D eigenvalue weighted by atomic mass is 9.96. The second-order valence-corrected chi connectivity index (χ2v) is 5.98. The topological polar surface area (TPSA) is 39.7 Å². The Morgan fingerprint density at radius 2 is 1.90 bits per heavy atom. The summed E-state index contributed by atoms with van der Waals surface area (Å²) in [4.78, 5) is 7.23. The minimum Gasteiger partial charge on any atom is -0.357 e. The van der Waals surface area contributed by atoms with Gasteiger partial charge in [0.15, 0.2) is 5.96 Å². The van der Waals surface area contributed by atoms with Gasteiger partial charge >= 0.3 is 0 Å². The van der Waals surface area contributed by atoms with Crippen molar-refractivity contribution in [2.24, 2.45) is 4.99 Å². The molecule has 2 fully saturated rings. The van der Waals surface area contributed by atoms with Gasteiger partial charge in [-0.05, 0) is 46.2 Å². The predicted molar refractivity (Wildman–Crippen MR) is 97.1 cm³/mol. The van der Waals surface area contributed by atoms with Crippen molar-refractivity contribution in [1.82, 2.24) is 15.5 Å². The summed E-state index contributed by atoms with van der Waals surface area (Å²) in [5, 5.41) is 7.01. The highest BCUT2D eigenvalue weighted by atomic mass is 127. The summed E-state index contributed by atoms with van der Waals surface area (Å²) in [6, 6.07) is 1.27. The molecule has 0 radical (unpaired) electrons. The summed E-state index contributed by atoms with van der Waals surface area (Å²) in [7, 11) is 2.22. The van der Waals surface area contributed by atoms with Crippen LogP contribution in [0.1, 0.15) is 51.9 Å². The number of aliphatic imine (C=N–C) groups is 1. The minimum atomic E-state index is 0. The Hall–Kier alpha value is -0.0400. The van der Waals surface area contributed by atoms with Gasteiger partial charge in [-0.3, -0.25) is 4.99 Å². The molecule has 1 aliphatic carbocycles. The van der Waals surface area contributed by atoms with Gasteiger partial charge in [0.1, 0.15) is 0 Å². The van der Waals surface area contributed by atoms with Crippen molar-refractivity contribution >= 4 is 29.9 Å². The van der Waals surface area contributed by atoms with Crippen LogP contribution < -0.4 is 10.6 Å². The van der Waals surface area contributed by atoms with Crippen LogP contribution in [0.25, 0.3) is 0 Å². The molecule has 1 saturated carbocycles. The Morgan fingerprint density at radius 3 is 2.50 bits per heavy atom. The first kappa shape index (κ1) is 18.0. The van der Waals surface area contributed by atoms with Crippen LogP contribution >= 0.6 is 24.0 Å². The molecule has 0 aromatic rings. The number of likely N-dealkylation sites (N-methyl/N-ethyl adjacent to an activating group) is 1. The molecule has 1 atom stereocenters. The van der Waals surface area contributed by atoms with Gasteiger partial charge in [0.2, 0.25) is 0 Å². The van der Waals surface area contributed by atoms with Gasteiger partial charge in [-0.15, -0.1) is 24.0 Å². The standard InChI is InChI=1S/C15H30N4.HI/c1-3-16-15(18-13-8-5-4-6-9-13)17-12-14-10-7-11-19(14)2;/h13-14H,3-12H2,1-2H3,(H2,16,17,18);1H. The highest BCUT2D eigenvalue weighted by Crippen LogP contribution is 2.17. The molecule has 0 bridgehead atoms. The lowest BCUT2D eigenvalue weighted by Gasteiger charge is -2.25. The molecule has 0 aromatic heterocycles. The van der Waals surface area contributed by atoms with E-state index >= 15 is 0 Å². The average Bonchev–Trinajstić information content (AvgIpc) is 2.83. The molecule has 1 unspecified atom stereocenters. The van der Waals surface area contributed by atoms with Gasteiger partial charge < -0.3 is 15.5 Å². The molecule has 2 aliphatic rings. The molecule has 20 heavy (non-hydrogen) atoms. The fourth-order valence-corrected chi connectivity index (χ4v) is 3.17. The zero-order chi connectivity index (χ0) is 13.5. The Labute approximate surface area is 141 Å². The van der Waals surface area contributed by atoms with Crippen molar-refractivity contribution < 1.29 is 0 Å². The molecular formula is C15H31IN4. The number of rotatable bonds is 4. The predicted octanol–water partition coefficient (Wildman–Crippen LogP) is 2.59. The average molecular weight is 394 g/mol. The molecule has 5 heteroatoms. The number of nitrogens with one attached hydrogen (secondary N) is 2. The van der Waals surface area contributed by atoms with E-state index in [0.29, 0.717) is 12.1 Å². The van der Waals surface area contributed by atoms with Crippen molar-refractivity contribution in [1.29, 1.82) is 0 Å². The molecule has 0 spiro atoms. The van der Waals surface area contributed by atoms with Crippen LogP contribution in [-0.2, 0) is 0 Å². The fraction of sp³-hybridized carbons (Fsp3) is 0.933. The lowest BCUT2D eigenvalue weighted by Crippen LogP contribution is -2.44. The zero-order valence-electron chi connectivity index (χ0n) is 13.0. The quantitative estimate of drug-likeness (QED) is 0.438. The summed E-state index contributed by atoms with van der Waals surface area (Å²) >= 11 is 0. The van der Waals surface area contributed by atoms with Crippen molar-refractivity contribution in [3.8, 4) is 0 Å². The molecular weight excluding hydrogens is 363 g/mol. The maximum atomic E-state index is 4.79. The van der Waals surface area contributed by atoms with Gasteiger partial charge in [-0.1, -0.05) is 19.3 Å². The Morgan fingerprint density at radius 1 is 1.15 bits per heavy atom. The van der Waals surface area contributed by atoms with Gasteiger partial charge in [0.05, 0.1) is 6.54 Å². The van der Waals surface area contributed by atoms with E-state index < -0.39 is 0 Å². The molecule has 1 heterocycles. The van der Waals surface area contributed by atoms with Crippen molar-refractivity contribution in [3.05, 3.63) is 0 Å². The monoisotopic (exact) mass is 394 g/mol. The number of guanidine groups is 1. The van der Waals surface area contributed by atoms with Crippen molar-refractivity contribution in [2.45, 2.75) is 64.0 Å². The SMILES string of the molecule is CCNC(=NCC1CCCN1C)NC1CCCCC1.I. The van der Waals surface area contributed by atoms with E-state index in [9.17, 15) is 0 Å². The summed E-state index contributed by atoms with van der Waals surface area (Å²) in [5.41, 5.74) is 0. The van der Waals surface area contributed by atoms with Crippen LogP contribution in [0.15, 0.2) is 4.99 Å². The summed E-state index contributed by atoms with van der Waals surface area (Å²) in [6.45, 7) is 5.24. The second-order valence-electron chi connectivity index (χ2n) is 5.98.